The van der Waals surface area contributed by atoms with E-state index < -0.39 is 181 Å². The van der Waals surface area contributed by atoms with Crippen molar-refractivity contribution in [1.82, 2.24) is 52.8 Å². The van der Waals surface area contributed by atoms with Crippen LogP contribution in [0, 0.1) is 0 Å². The highest BCUT2D eigenvalue weighted by atomic mass is 32.2. The molecule has 12 amide bonds. The normalized spacial score (nSPS) is 15.7. The number of phenolic OH excluding ortho intramolecular Hbond substituents is 3. The van der Waals surface area contributed by atoms with Gasteiger partial charge in [0.05, 0.1) is 18.6 Å². The van der Waals surface area contributed by atoms with Gasteiger partial charge in [-0.1, -0.05) is 42.5 Å². The van der Waals surface area contributed by atoms with Crippen molar-refractivity contribution in [1.29, 1.82) is 0 Å². The first-order valence-electron chi connectivity index (χ1n) is 33.6. The Hall–Kier alpha value is -10.9. The molecule has 12 atom stereocenters. The Kier molecular flexibility index (Phi) is 30.3. The maximum absolute atomic E-state index is 15.1. The number of hydrogen-bond acceptors (Lipinski definition) is 23. The van der Waals surface area contributed by atoms with Gasteiger partial charge in [0.25, 0.3) is 5.91 Å². The van der Waals surface area contributed by atoms with Gasteiger partial charge in [-0.15, -0.1) is 0 Å². The summed E-state index contributed by atoms with van der Waals surface area (Å²) >= 11 is 9.61. The van der Waals surface area contributed by atoms with Crippen molar-refractivity contribution in [3.05, 3.63) is 136 Å². The zero-order chi connectivity index (χ0) is 78.5. The summed E-state index contributed by atoms with van der Waals surface area (Å²) in [7, 11) is 0. The van der Waals surface area contributed by atoms with Gasteiger partial charge in [0.15, 0.2) is 5.43 Å². The number of thioether (sulfide) groups is 1. The van der Waals surface area contributed by atoms with E-state index in [9.17, 15) is 93.0 Å². The Labute approximate surface area is 627 Å². The smallest absolute Gasteiger partial charge is 0.327 e. The molecule has 1 saturated heterocycles. The highest BCUT2D eigenvalue weighted by molar-refractivity contribution is 7.98. The number of benzene rings is 5. The minimum Gasteiger partial charge on any atom is -0.508 e. The number of aliphatic hydroxyl groups excluding tert-OH is 2. The molecule has 0 unspecified atom stereocenters. The number of nitrogens with zero attached hydrogens (tertiary/aromatic N) is 1. The predicted molar refractivity (Wildman–Crippen MR) is 395 cm³/mol. The summed E-state index contributed by atoms with van der Waals surface area (Å²) < 4.78 is 6.01. The minimum atomic E-state index is -2.04. The molecule has 2 heterocycles. The lowest BCUT2D eigenvalue weighted by molar-refractivity contribution is -0.142. The number of carboxylic acids is 1. The zero-order valence-electron chi connectivity index (χ0n) is 58.0. The number of rotatable bonds is 37. The molecular formula is C71H84N12O21S3. The van der Waals surface area contributed by atoms with Crippen molar-refractivity contribution < 1.29 is 97.4 Å². The Balaban J connectivity index is 1.10. The number of aromatic hydroxyl groups is 3. The van der Waals surface area contributed by atoms with Gasteiger partial charge in [0.2, 0.25) is 65.0 Å². The summed E-state index contributed by atoms with van der Waals surface area (Å²) in [6.45, 7) is 2.01. The molecule has 0 aromatic heterocycles. The minimum absolute atomic E-state index is 0.0141. The van der Waals surface area contributed by atoms with Crippen molar-refractivity contribution in [3.8, 4) is 39.7 Å². The second kappa shape index (κ2) is 38.9. The van der Waals surface area contributed by atoms with E-state index in [0.717, 1.165) is 18.7 Å². The number of nitrogens with two attached hydrogens (primary N) is 2. The van der Waals surface area contributed by atoms with Crippen LogP contribution in [0.4, 0.5) is 0 Å². The first-order valence-corrected chi connectivity index (χ1v) is 36.2. The summed E-state index contributed by atoms with van der Waals surface area (Å²) in [5, 5.41) is 83.8. The van der Waals surface area contributed by atoms with Gasteiger partial charge in [-0.3, -0.25) is 62.3 Å². The standard InChI is InChI=1S/C71H84N12O21S3/c1-34(84)59(68(99)77-49(31-57(73)91)65(96)82-60(35(2)85)69(100)80-52(33-106)71(102)103)81-64(95)48(27-36-10-14-38(86)15-11-36)76-62(93)46(22-23-56(72)90)75-67(98)53-9-6-25-83(53)70(101)50(28-37-12-16-39(87)17-13-37)78-63(94)47(24-26-107-3)74-66(97)51(32-105)79-61(92)43-8-5-4-7-42(43)58-44-20-18-40(88)29-54(44)104-55-30-41(89)19-21-45(55)58/h4-5,7-8,10-21,29-30,34-35,46-53,59-60,84-88,105-106H,6,9,22-28,31-33H2,1-3H3,(H2,72,90)(H2,73,91)(H,74,97)(H,75,98)(H,76,93)(H,77,99)(H,78,94)(H,79,92)(H,80,100)(H,81,95)(H,82,96)(H,102,103)/t34-,35-,46+,47+,48+,49+,50+,51+,52+,53+,59+,60+/m1/s1. The molecule has 1 fully saturated rings. The molecule has 1 aliphatic carbocycles. The van der Waals surface area contributed by atoms with Crippen LogP contribution in [0.1, 0.15) is 73.9 Å². The molecule has 7 rings (SSSR count). The number of carboxylic acid groups (broad SMARTS) is 1. The van der Waals surface area contributed by atoms with Gasteiger partial charge in [0, 0.05) is 71.5 Å². The SMILES string of the molecule is CSCC[C@H](NC(=O)[C@H](CS)NC(=O)c1ccccc1-c1c2ccc(=O)cc-2oc2cc(O)ccc12)C(=O)N[C@@H](Cc1ccc(O)cc1)C(=O)N1CCC[C@H]1C(=O)N[C@@H](CCC(N)=O)C(=O)N[C@@H](Cc1ccc(O)cc1)C(=O)N[C@H](C(=O)N[C@@H](CC(N)=O)C(=O)N[C@H](C(=O)N[C@@H](CS)C(=O)O)[C@@H](C)O)[C@@H](C)O. The van der Waals surface area contributed by atoms with Crippen molar-refractivity contribution in [3.63, 3.8) is 0 Å². The second-order valence-corrected chi connectivity index (χ2v) is 27.0. The molecule has 0 bridgehead atoms. The van der Waals surface area contributed by atoms with Crippen LogP contribution in [-0.4, -0.2) is 215 Å². The number of carbonyl (C=O) groups excluding carboxylic acids is 12. The van der Waals surface area contributed by atoms with Gasteiger partial charge in [0.1, 0.15) is 89.0 Å². The van der Waals surface area contributed by atoms with Crippen LogP contribution in [0.5, 0.6) is 17.2 Å². The van der Waals surface area contributed by atoms with Gasteiger partial charge in [-0.25, -0.2) is 4.79 Å². The molecule has 0 radical (unpaired) electrons. The van der Waals surface area contributed by atoms with Gasteiger partial charge in [-0.2, -0.15) is 37.0 Å². The summed E-state index contributed by atoms with van der Waals surface area (Å²) in [4.78, 5) is 193. The maximum atomic E-state index is 15.1. The fourth-order valence-corrected chi connectivity index (χ4v) is 12.7. The van der Waals surface area contributed by atoms with E-state index in [4.69, 9.17) is 15.9 Å². The van der Waals surface area contributed by atoms with Crippen molar-refractivity contribution in [2.24, 2.45) is 11.5 Å². The number of carbonyl (C=O) groups is 13. The highest BCUT2D eigenvalue weighted by Crippen LogP contribution is 2.42. The van der Waals surface area contributed by atoms with Crippen LogP contribution < -0.4 is 64.7 Å². The lowest BCUT2D eigenvalue weighted by atomic mass is 9.90. The largest absolute Gasteiger partial charge is 0.508 e. The number of aliphatic carboxylic acids is 1. The van der Waals surface area contributed by atoms with Crippen molar-refractivity contribution in [2.45, 2.75) is 138 Å². The van der Waals surface area contributed by atoms with Gasteiger partial charge < -0.3 is 99.3 Å². The first-order chi connectivity index (χ1) is 50.8. The van der Waals surface area contributed by atoms with E-state index in [2.05, 4.69) is 73.1 Å². The quantitative estimate of drug-likeness (QED) is 0.0160. The summed E-state index contributed by atoms with van der Waals surface area (Å²) in [6, 6.07) is 9.24. The molecule has 2 aliphatic heterocycles. The predicted octanol–water partition coefficient (Wildman–Crippen LogP) is -1.27. The molecular weight excluding hydrogens is 1450 g/mol. The van der Waals surface area contributed by atoms with Crippen molar-refractivity contribution in [2.75, 3.05) is 30.1 Å². The van der Waals surface area contributed by atoms with Crippen LogP contribution in [0.15, 0.2) is 118 Å². The summed E-state index contributed by atoms with van der Waals surface area (Å²) in [5.41, 5.74) is 12.9. The topological polar surface area (TPSA) is 537 Å². The average molecular weight is 1540 g/mol. The van der Waals surface area contributed by atoms with Crippen molar-refractivity contribution >= 4 is 125 Å². The average Bonchev–Trinajstić information content (AvgIpc) is 1.08. The van der Waals surface area contributed by atoms with Crippen LogP contribution in [0.25, 0.3) is 33.4 Å². The molecule has 0 spiro atoms. The highest BCUT2D eigenvalue weighted by Gasteiger charge is 2.42. The van der Waals surface area contributed by atoms with E-state index >= 15 is 4.79 Å². The molecule has 0 saturated carbocycles. The fourth-order valence-electron chi connectivity index (χ4n) is 11.7. The van der Waals surface area contributed by atoms with E-state index in [1.54, 1.807) is 36.6 Å². The summed E-state index contributed by atoms with van der Waals surface area (Å²) in [5.74, 6) is -14.8. The monoisotopic (exact) mass is 1540 g/mol. The Morgan fingerprint density at radius 2 is 1.07 bits per heavy atom. The van der Waals surface area contributed by atoms with Crippen LogP contribution >= 0.6 is 37.0 Å². The third-order valence-corrected chi connectivity index (χ3v) is 18.7. The molecule has 3 aliphatic rings. The second-order valence-electron chi connectivity index (χ2n) is 25.3. The number of fused-ring (bicyclic) bond motifs is 2. The molecule has 107 heavy (non-hydrogen) atoms. The van der Waals surface area contributed by atoms with Gasteiger partial charge in [-0.05, 0) is 123 Å². The van der Waals surface area contributed by atoms with E-state index in [-0.39, 0.29) is 88.9 Å². The molecule has 36 heteroatoms. The number of amides is 12. The van der Waals surface area contributed by atoms with Crippen LogP contribution in [0.2, 0.25) is 0 Å². The number of aliphatic hydroxyl groups is 2. The third kappa shape index (κ3) is 23.0. The number of thiol groups is 2. The van der Waals surface area contributed by atoms with E-state index in [0.29, 0.717) is 27.6 Å². The molecule has 4 aromatic rings. The number of primary amides is 2. The first kappa shape index (κ1) is 83.3. The molecule has 572 valence electrons. The number of hydrogen-bond donors (Lipinski definition) is 19. The van der Waals surface area contributed by atoms with E-state index in [1.165, 1.54) is 90.6 Å². The Morgan fingerprint density at radius 3 is 1.64 bits per heavy atom. The molecule has 19 N–H and O–H groups in total. The fraction of sp³-hybridized carbons (Fsp3) is 0.380. The Morgan fingerprint density at radius 1 is 0.561 bits per heavy atom. The van der Waals surface area contributed by atoms with E-state index in [1.807, 2.05) is 0 Å². The lowest BCUT2D eigenvalue weighted by Gasteiger charge is -2.31. The van der Waals surface area contributed by atoms with Crippen LogP contribution in [0.3, 0.4) is 0 Å². The lowest BCUT2D eigenvalue weighted by Crippen LogP contribution is -2.63. The Bertz CT molecular complexity index is 4300. The molecule has 4 aromatic carbocycles. The number of phenols is 3. The van der Waals surface area contributed by atoms with Crippen LogP contribution in [-0.2, 0) is 70.4 Å². The zero-order valence-corrected chi connectivity index (χ0v) is 60.6. The number of nitrogens with one attached hydrogen (secondary N) is 9. The molecule has 33 nitrogen and oxygen atoms in total. The van der Waals surface area contributed by atoms with Gasteiger partial charge >= 0.3 is 5.97 Å². The maximum Gasteiger partial charge on any atom is 0.327 e. The summed E-state index contributed by atoms with van der Waals surface area (Å²) in [6.07, 6.45) is -4.36. The number of likely N-dealkylation sites (tertiary alicyclic amines) is 1. The third-order valence-electron chi connectivity index (χ3n) is 17.3.